The van der Waals surface area contributed by atoms with Crippen LogP contribution in [0.4, 0.5) is 10.5 Å². The van der Waals surface area contributed by atoms with E-state index in [0.717, 1.165) is 16.3 Å². The largest absolute Gasteiger partial charge is 0.444 e. The molecular formula is C29H33N3O4. The predicted molar refractivity (Wildman–Crippen MR) is 141 cm³/mol. The van der Waals surface area contributed by atoms with Gasteiger partial charge in [0.05, 0.1) is 0 Å². The number of amides is 3. The molecule has 7 nitrogen and oxygen atoms in total. The minimum absolute atomic E-state index is 0.0321. The van der Waals surface area contributed by atoms with Gasteiger partial charge in [-0.15, -0.1) is 0 Å². The number of carbonyl (C=O) groups excluding carboxylic acids is 3. The Bertz CT molecular complexity index is 1290. The lowest BCUT2D eigenvalue weighted by Gasteiger charge is -2.33. The van der Waals surface area contributed by atoms with E-state index in [1.54, 1.807) is 23.1 Å². The standard InChI is InChI=1S/C29H33N3O4/c1-19-9-5-6-10-21(19)26(33)31-25-14-13-24(22-11-7-8-12-23(22)25)27(34)30-20-15-17-32(18-16-20)28(35)36-29(2,3)4/h5-14,20H,15-18H2,1-4H3,(H,30,34)(H,31,33). The summed E-state index contributed by atoms with van der Waals surface area (Å²) in [5, 5.41) is 7.69. The molecule has 0 spiro atoms. The number of likely N-dealkylation sites (tertiary alicyclic amines) is 1. The topological polar surface area (TPSA) is 87.7 Å². The molecule has 1 aliphatic rings. The summed E-state index contributed by atoms with van der Waals surface area (Å²) in [6.07, 6.45) is 1.00. The number of anilines is 1. The van der Waals surface area contributed by atoms with E-state index in [1.165, 1.54) is 0 Å². The molecule has 1 saturated heterocycles. The number of piperidine rings is 1. The summed E-state index contributed by atoms with van der Waals surface area (Å²) in [7, 11) is 0. The number of fused-ring (bicyclic) bond motifs is 1. The zero-order valence-corrected chi connectivity index (χ0v) is 21.3. The monoisotopic (exact) mass is 487 g/mol. The van der Waals surface area contributed by atoms with Gasteiger partial charge < -0.3 is 20.3 Å². The lowest BCUT2D eigenvalue weighted by atomic mass is 10.00. The Kier molecular flexibility index (Phi) is 7.29. The fourth-order valence-electron chi connectivity index (χ4n) is 4.42. The van der Waals surface area contributed by atoms with E-state index >= 15 is 0 Å². The Balaban J connectivity index is 1.45. The highest BCUT2D eigenvalue weighted by Gasteiger charge is 2.28. The fourth-order valence-corrected chi connectivity index (χ4v) is 4.42. The summed E-state index contributed by atoms with van der Waals surface area (Å²) in [5.74, 6) is -0.356. The molecule has 0 unspecified atom stereocenters. The van der Waals surface area contributed by atoms with Crippen molar-refractivity contribution >= 4 is 34.4 Å². The molecule has 0 aliphatic carbocycles. The number of rotatable bonds is 4. The molecule has 0 aromatic heterocycles. The normalized spacial score (nSPS) is 14.4. The predicted octanol–water partition coefficient (Wildman–Crippen LogP) is 5.53. The van der Waals surface area contributed by atoms with E-state index < -0.39 is 5.60 Å². The van der Waals surface area contributed by atoms with Crippen LogP contribution in [0, 0.1) is 6.92 Å². The van der Waals surface area contributed by atoms with Gasteiger partial charge in [-0.05, 0) is 69.7 Å². The highest BCUT2D eigenvalue weighted by atomic mass is 16.6. The van der Waals surface area contributed by atoms with Gasteiger partial charge in [0, 0.05) is 41.3 Å². The summed E-state index contributed by atoms with van der Waals surface area (Å²) < 4.78 is 5.45. The van der Waals surface area contributed by atoms with Crippen LogP contribution < -0.4 is 10.6 Å². The minimum Gasteiger partial charge on any atom is -0.444 e. The molecule has 0 atom stereocenters. The lowest BCUT2D eigenvalue weighted by molar-refractivity contribution is 0.0199. The number of hydrogen-bond acceptors (Lipinski definition) is 4. The van der Waals surface area contributed by atoms with Crippen LogP contribution in [0.25, 0.3) is 10.8 Å². The maximum Gasteiger partial charge on any atom is 0.410 e. The van der Waals surface area contributed by atoms with Crippen LogP contribution in [0.15, 0.2) is 60.7 Å². The Labute approximate surface area is 211 Å². The van der Waals surface area contributed by atoms with Gasteiger partial charge in [-0.2, -0.15) is 0 Å². The molecule has 2 N–H and O–H groups in total. The summed E-state index contributed by atoms with van der Waals surface area (Å²) in [4.78, 5) is 40.1. The Morgan fingerprint density at radius 1 is 0.833 bits per heavy atom. The average molecular weight is 488 g/mol. The first-order valence-electron chi connectivity index (χ1n) is 12.3. The highest BCUT2D eigenvalue weighted by molar-refractivity contribution is 6.14. The van der Waals surface area contributed by atoms with Gasteiger partial charge in [-0.1, -0.05) is 42.5 Å². The van der Waals surface area contributed by atoms with Crippen molar-refractivity contribution in [1.29, 1.82) is 0 Å². The number of benzene rings is 3. The van der Waals surface area contributed by atoms with Gasteiger partial charge in [0.1, 0.15) is 5.60 Å². The fraction of sp³-hybridized carbons (Fsp3) is 0.345. The number of nitrogens with zero attached hydrogens (tertiary/aromatic N) is 1. The third kappa shape index (κ3) is 5.85. The summed E-state index contributed by atoms with van der Waals surface area (Å²) >= 11 is 0. The van der Waals surface area contributed by atoms with Crippen LogP contribution in [0.5, 0.6) is 0 Å². The number of aryl methyl sites for hydroxylation is 1. The van der Waals surface area contributed by atoms with Gasteiger partial charge in [-0.3, -0.25) is 9.59 Å². The molecule has 4 rings (SSSR count). The number of carbonyl (C=O) groups is 3. The second-order valence-electron chi connectivity index (χ2n) is 10.2. The van der Waals surface area contributed by atoms with E-state index in [0.29, 0.717) is 42.7 Å². The van der Waals surface area contributed by atoms with Gasteiger partial charge >= 0.3 is 6.09 Å². The van der Waals surface area contributed by atoms with E-state index in [-0.39, 0.29) is 23.9 Å². The Morgan fingerprint density at radius 2 is 1.47 bits per heavy atom. The molecule has 3 aromatic rings. The van der Waals surface area contributed by atoms with Crippen LogP contribution in [-0.2, 0) is 4.74 Å². The molecule has 188 valence electrons. The van der Waals surface area contributed by atoms with Gasteiger partial charge in [-0.25, -0.2) is 4.79 Å². The van der Waals surface area contributed by atoms with Gasteiger partial charge in [0.2, 0.25) is 0 Å². The Hall–Kier alpha value is -3.87. The molecule has 1 heterocycles. The first kappa shape index (κ1) is 25.2. The summed E-state index contributed by atoms with van der Waals surface area (Å²) in [6, 6.07) is 18.5. The molecule has 3 amide bonds. The van der Waals surface area contributed by atoms with Crippen molar-refractivity contribution in [1.82, 2.24) is 10.2 Å². The highest BCUT2D eigenvalue weighted by Crippen LogP contribution is 2.28. The van der Waals surface area contributed by atoms with Crippen LogP contribution >= 0.6 is 0 Å². The minimum atomic E-state index is -0.533. The van der Waals surface area contributed by atoms with E-state index in [9.17, 15) is 14.4 Å². The number of nitrogens with one attached hydrogen (secondary N) is 2. The molecule has 36 heavy (non-hydrogen) atoms. The summed E-state index contributed by atoms with van der Waals surface area (Å²) in [5.41, 5.74) is 2.18. The van der Waals surface area contributed by atoms with Crippen molar-refractivity contribution in [2.24, 2.45) is 0 Å². The van der Waals surface area contributed by atoms with Crippen molar-refractivity contribution in [2.75, 3.05) is 18.4 Å². The van der Waals surface area contributed by atoms with Crippen molar-refractivity contribution < 1.29 is 19.1 Å². The maximum absolute atomic E-state index is 13.2. The van der Waals surface area contributed by atoms with Crippen LogP contribution in [0.1, 0.15) is 59.9 Å². The average Bonchev–Trinajstić information content (AvgIpc) is 2.83. The van der Waals surface area contributed by atoms with Crippen molar-refractivity contribution in [2.45, 2.75) is 52.2 Å². The van der Waals surface area contributed by atoms with Gasteiger partial charge in [0.15, 0.2) is 0 Å². The zero-order chi connectivity index (χ0) is 25.9. The lowest BCUT2D eigenvalue weighted by Crippen LogP contribution is -2.47. The molecule has 1 aliphatic heterocycles. The van der Waals surface area contributed by atoms with E-state index in [1.807, 2.05) is 70.2 Å². The van der Waals surface area contributed by atoms with Crippen molar-refractivity contribution in [3.8, 4) is 0 Å². The van der Waals surface area contributed by atoms with Gasteiger partial charge in [0.25, 0.3) is 11.8 Å². The smallest absolute Gasteiger partial charge is 0.410 e. The SMILES string of the molecule is Cc1ccccc1C(=O)Nc1ccc(C(=O)NC2CCN(C(=O)OC(C)(C)C)CC2)c2ccccc12. The molecule has 1 fully saturated rings. The molecule has 7 heteroatoms. The number of ether oxygens (including phenoxy) is 1. The van der Waals surface area contributed by atoms with Crippen LogP contribution in [-0.4, -0.2) is 47.5 Å². The van der Waals surface area contributed by atoms with Crippen molar-refractivity contribution in [3.05, 3.63) is 77.4 Å². The molecule has 3 aromatic carbocycles. The zero-order valence-electron chi connectivity index (χ0n) is 21.3. The third-order valence-electron chi connectivity index (χ3n) is 6.29. The van der Waals surface area contributed by atoms with Crippen molar-refractivity contribution in [3.63, 3.8) is 0 Å². The second-order valence-corrected chi connectivity index (χ2v) is 10.2. The third-order valence-corrected chi connectivity index (χ3v) is 6.29. The van der Waals surface area contributed by atoms with E-state index in [4.69, 9.17) is 4.74 Å². The quantitative estimate of drug-likeness (QED) is 0.507. The number of hydrogen-bond donors (Lipinski definition) is 2. The van der Waals surface area contributed by atoms with Crippen LogP contribution in [0.3, 0.4) is 0 Å². The summed E-state index contributed by atoms with van der Waals surface area (Å²) in [6.45, 7) is 8.51. The molecule has 0 radical (unpaired) electrons. The second kappa shape index (κ2) is 10.4. The van der Waals surface area contributed by atoms with Crippen LogP contribution in [0.2, 0.25) is 0 Å². The first-order valence-corrected chi connectivity index (χ1v) is 12.3. The Morgan fingerprint density at radius 3 is 2.14 bits per heavy atom. The molecule has 0 bridgehead atoms. The molecular weight excluding hydrogens is 454 g/mol. The van der Waals surface area contributed by atoms with E-state index in [2.05, 4.69) is 10.6 Å². The first-order chi connectivity index (χ1) is 17.1. The maximum atomic E-state index is 13.2. The molecule has 0 saturated carbocycles.